The fraction of sp³-hybridized carbons (Fsp3) is 0.182. The molecule has 7 nitrogen and oxygen atoms in total. The van der Waals surface area contributed by atoms with Gasteiger partial charge >= 0.3 is 0 Å². The first kappa shape index (κ1) is 20.0. The van der Waals surface area contributed by atoms with Crippen LogP contribution in [0.15, 0.2) is 48.5 Å². The molecule has 0 aliphatic heterocycles. The average Bonchev–Trinajstić information content (AvgIpc) is 3.25. The van der Waals surface area contributed by atoms with Crippen molar-refractivity contribution in [3.63, 3.8) is 0 Å². The number of allylic oxidation sites excluding steroid dienone is 1. The monoisotopic (exact) mass is 394 g/mol. The van der Waals surface area contributed by atoms with Gasteiger partial charge in [-0.1, -0.05) is 0 Å². The zero-order chi connectivity index (χ0) is 20.8. The van der Waals surface area contributed by atoms with Crippen LogP contribution in [-0.4, -0.2) is 44.4 Å². The number of aromatic nitrogens is 2. The van der Waals surface area contributed by atoms with Crippen LogP contribution in [0.4, 0.5) is 0 Å². The van der Waals surface area contributed by atoms with E-state index in [1.54, 1.807) is 52.7 Å². The molecule has 0 aliphatic rings. The lowest BCUT2D eigenvalue weighted by atomic mass is 10.1. The lowest BCUT2D eigenvalue weighted by molar-refractivity contribution is 0.104. The molecule has 1 N–H and O–H groups in total. The number of ether oxygens (including phenoxy) is 4. The maximum absolute atomic E-state index is 12.5. The molecule has 0 radical (unpaired) electrons. The second-order valence-electron chi connectivity index (χ2n) is 6.08. The number of hydrogen-bond donors (Lipinski definition) is 1. The van der Waals surface area contributed by atoms with Crippen molar-refractivity contribution >= 4 is 11.9 Å². The molecule has 0 fully saturated rings. The SMILES string of the molecule is COc1cc(OC)cc(C(=O)/C=C/c2cc(-c3ccc(OC)c(OC)c3)n[nH]2)c1. The third-order valence-corrected chi connectivity index (χ3v) is 4.33. The quantitative estimate of drug-likeness (QED) is 0.459. The zero-order valence-electron chi connectivity index (χ0n) is 16.7. The Morgan fingerprint density at radius 1 is 0.862 bits per heavy atom. The minimum absolute atomic E-state index is 0.176. The summed E-state index contributed by atoms with van der Waals surface area (Å²) in [7, 11) is 6.25. The van der Waals surface area contributed by atoms with Gasteiger partial charge in [-0.25, -0.2) is 0 Å². The first-order valence-corrected chi connectivity index (χ1v) is 8.81. The van der Waals surface area contributed by atoms with E-state index in [1.165, 1.54) is 6.08 Å². The van der Waals surface area contributed by atoms with Gasteiger partial charge in [0.05, 0.1) is 39.8 Å². The van der Waals surface area contributed by atoms with Gasteiger partial charge in [-0.3, -0.25) is 9.89 Å². The summed E-state index contributed by atoms with van der Waals surface area (Å²) >= 11 is 0. The van der Waals surface area contributed by atoms with Crippen LogP contribution >= 0.6 is 0 Å². The van der Waals surface area contributed by atoms with E-state index < -0.39 is 0 Å². The number of ketones is 1. The largest absolute Gasteiger partial charge is 0.497 e. The minimum Gasteiger partial charge on any atom is -0.497 e. The summed E-state index contributed by atoms with van der Waals surface area (Å²) in [5.41, 5.74) is 2.75. The average molecular weight is 394 g/mol. The van der Waals surface area contributed by atoms with Crippen LogP contribution in [0, 0.1) is 0 Å². The van der Waals surface area contributed by atoms with Crippen molar-refractivity contribution in [2.24, 2.45) is 0 Å². The van der Waals surface area contributed by atoms with E-state index >= 15 is 0 Å². The lowest BCUT2D eigenvalue weighted by Gasteiger charge is -2.08. The number of nitrogens with zero attached hydrogens (tertiary/aromatic N) is 1. The third kappa shape index (κ3) is 4.57. The van der Waals surface area contributed by atoms with Crippen LogP contribution in [0.1, 0.15) is 16.1 Å². The molecule has 7 heteroatoms. The van der Waals surface area contributed by atoms with Crippen molar-refractivity contribution < 1.29 is 23.7 Å². The number of carbonyl (C=O) groups is 1. The van der Waals surface area contributed by atoms with Crippen molar-refractivity contribution in [3.8, 4) is 34.3 Å². The number of aromatic amines is 1. The van der Waals surface area contributed by atoms with Gasteiger partial charge in [0, 0.05) is 17.2 Å². The highest BCUT2D eigenvalue weighted by Gasteiger charge is 2.10. The molecule has 3 rings (SSSR count). The van der Waals surface area contributed by atoms with Crippen LogP contribution in [0.5, 0.6) is 23.0 Å². The highest BCUT2D eigenvalue weighted by molar-refractivity contribution is 6.07. The molecule has 0 saturated carbocycles. The number of carbonyl (C=O) groups excluding carboxylic acids is 1. The minimum atomic E-state index is -0.176. The fourth-order valence-electron chi connectivity index (χ4n) is 2.78. The van der Waals surface area contributed by atoms with Gasteiger partial charge in [-0.2, -0.15) is 5.10 Å². The molecule has 0 bridgehead atoms. The summed E-state index contributed by atoms with van der Waals surface area (Å²) in [4.78, 5) is 12.5. The number of nitrogens with one attached hydrogen (secondary N) is 1. The van der Waals surface area contributed by atoms with E-state index in [0.717, 1.165) is 11.3 Å². The zero-order valence-corrected chi connectivity index (χ0v) is 16.7. The lowest BCUT2D eigenvalue weighted by Crippen LogP contribution is -1.97. The molecule has 3 aromatic rings. The van der Waals surface area contributed by atoms with Crippen molar-refractivity contribution in [3.05, 3.63) is 59.8 Å². The molecule has 0 unspecified atom stereocenters. The predicted octanol–water partition coefficient (Wildman–Crippen LogP) is 4.01. The Balaban J connectivity index is 1.79. The number of hydrogen-bond acceptors (Lipinski definition) is 6. The molecule has 150 valence electrons. The summed E-state index contributed by atoms with van der Waals surface area (Å²) in [6.07, 6.45) is 3.14. The van der Waals surface area contributed by atoms with E-state index in [0.29, 0.717) is 34.3 Å². The van der Waals surface area contributed by atoms with Gasteiger partial charge in [0.1, 0.15) is 11.5 Å². The second-order valence-corrected chi connectivity index (χ2v) is 6.08. The molecule has 0 atom stereocenters. The van der Waals surface area contributed by atoms with E-state index in [4.69, 9.17) is 18.9 Å². The van der Waals surface area contributed by atoms with E-state index in [1.807, 2.05) is 24.3 Å². The Morgan fingerprint density at radius 2 is 1.55 bits per heavy atom. The molecule has 0 saturated heterocycles. The highest BCUT2D eigenvalue weighted by atomic mass is 16.5. The van der Waals surface area contributed by atoms with Crippen LogP contribution in [0.2, 0.25) is 0 Å². The van der Waals surface area contributed by atoms with Crippen molar-refractivity contribution in [2.45, 2.75) is 0 Å². The predicted molar refractivity (Wildman–Crippen MR) is 110 cm³/mol. The van der Waals surface area contributed by atoms with Crippen LogP contribution in [-0.2, 0) is 0 Å². The standard InChI is InChI=1S/C22H22N2O5/c1-26-17-9-15(10-18(13-17)27-2)20(25)7-6-16-12-19(24-23-16)14-5-8-21(28-3)22(11-14)29-4/h5-13H,1-4H3,(H,23,24)/b7-6+. The summed E-state index contributed by atoms with van der Waals surface area (Å²) in [6, 6.07) is 12.4. The van der Waals surface area contributed by atoms with Crippen molar-refractivity contribution in [1.82, 2.24) is 10.2 Å². The second kappa shape index (κ2) is 8.97. The van der Waals surface area contributed by atoms with Crippen molar-refractivity contribution in [1.29, 1.82) is 0 Å². The van der Waals surface area contributed by atoms with Crippen molar-refractivity contribution in [2.75, 3.05) is 28.4 Å². The molecule has 29 heavy (non-hydrogen) atoms. The first-order valence-electron chi connectivity index (χ1n) is 8.81. The highest BCUT2D eigenvalue weighted by Crippen LogP contribution is 2.31. The fourth-order valence-corrected chi connectivity index (χ4v) is 2.78. The Labute approximate surface area is 168 Å². The molecule has 0 amide bonds. The Kier molecular flexibility index (Phi) is 6.19. The number of rotatable bonds is 8. The summed E-state index contributed by atoms with van der Waals surface area (Å²) in [6.45, 7) is 0. The van der Waals surface area contributed by atoms with Gasteiger partial charge in [0.2, 0.25) is 0 Å². The van der Waals surface area contributed by atoms with Gasteiger partial charge in [0.15, 0.2) is 17.3 Å². The molecule has 0 spiro atoms. The van der Waals surface area contributed by atoms with Crippen LogP contribution in [0.3, 0.4) is 0 Å². The van der Waals surface area contributed by atoms with Gasteiger partial charge < -0.3 is 18.9 Å². The molecule has 0 aliphatic carbocycles. The van der Waals surface area contributed by atoms with E-state index in [-0.39, 0.29) is 5.78 Å². The topological polar surface area (TPSA) is 82.7 Å². The normalized spacial score (nSPS) is 10.8. The summed E-state index contributed by atoms with van der Waals surface area (Å²) in [5.74, 6) is 2.19. The maximum atomic E-state index is 12.5. The Bertz CT molecular complexity index is 1020. The van der Waals surface area contributed by atoms with Crippen LogP contribution in [0.25, 0.3) is 17.3 Å². The molecular weight excluding hydrogens is 372 g/mol. The number of benzene rings is 2. The number of methoxy groups -OCH3 is 4. The third-order valence-electron chi connectivity index (χ3n) is 4.33. The maximum Gasteiger partial charge on any atom is 0.186 e. The smallest absolute Gasteiger partial charge is 0.186 e. The molecule has 2 aromatic carbocycles. The molecule has 1 heterocycles. The van der Waals surface area contributed by atoms with Gasteiger partial charge in [0.25, 0.3) is 0 Å². The Morgan fingerprint density at radius 3 is 2.17 bits per heavy atom. The molecule has 1 aromatic heterocycles. The first-order chi connectivity index (χ1) is 14.1. The van der Waals surface area contributed by atoms with Gasteiger partial charge in [-0.05, 0) is 48.6 Å². The summed E-state index contributed by atoms with van der Waals surface area (Å²) in [5, 5.41) is 7.21. The van der Waals surface area contributed by atoms with E-state index in [2.05, 4.69) is 10.2 Å². The summed E-state index contributed by atoms with van der Waals surface area (Å²) < 4.78 is 21.0. The molecular formula is C22H22N2O5. The van der Waals surface area contributed by atoms with Gasteiger partial charge in [-0.15, -0.1) is 0 Å². The van der Waals surface area contributed by atoms with Crippen LogP contribution < -0.4 is 18.9 Å². The van der Waals surface area contributed by atoms with E-state index in [9.17, 15) is 4.79 Å². The number of H-pyrrole nitrogens is 1. The Hall–Kier alpha value is -3.74.